The van der Waals surface area contributed by atoms with Gasteiger partial charge in [0.05, 0.1) is 0 Å². The van der Waals surface area contributed by atoms with E-state index >= 15 is 0 Å². The molecule has 2 N–H and O–H groups in total. The SMILES string of the molecule is O=C1NC(=O)C2(N1)C1CCCC2CC1. The van der Waals surface area contributed by atoms with Crippen LogP contribution in [0, 0.1) is 11.8 Å². The molecule has 3 rings (SSSR count). The van der Waals surface area contributed by atoms with Crippen molar-refractivity contribution in [2.45, 2.75) is 37.6 Å². The Bertz CT molecular complexity index is 297. The molecule has 2 atom stereocenters. The van der Waals surface area contributed by atoms with Gasteiger partial charge in [0, 0.05) is 0 Å². The molecule has 1 heterocycles. The van der Waals surface area contributed by atoms with Crippen molar-refractivity contribution in [3.05, 3.63) is 0 Å². The van der Waals surface area contributed by atoms with Crippen molar-refractivity contribution in [1.82, 2.24) is 10.6 Å². The Balaban J connectivity index is 2.03. The molecule has 1 aliphatic heterocycles. The summed E-state index contributed by atoms with van der Waals surface area (Å²) in [6, 6.07) is -0.297. The number of nitrogens with one attached hydrogen (secondary N) is 2. The summed E-state index contributed by atoms with van der Waals surface area (Å²) in [6.45, 7) is 0. The first-order valence-electron chi connectivity index (χ1n) is 5.37. The molecular formula is C10H14N2O2. The standard InChI is InChI=1S/C10H14N2O2/c13-8-10(12-9(14)11-8)6-2-1-3-7(10)5-4-6/h6-7H,1-5H2,(H2,11,12,13,14). The van der Waals surface area contributed by atoms with E-state index in [2.05, 4.69) is 10.6 Å². The van der Waals surface area contributed by atoms with Gasteiger partial charge in [-0.15, -0.1) is 0 Å². The molecule has 0 aromatic carbocycles. The molecule has 4 nitrogen and oxygen atoms in total. The van der Waals surface area contributed by atoms with Crippen LogP contribution in [0.25, 0.3) is 0 Å². The Morgan fingerprint density at radius 1 is 1.07 bits per heavy atom. The largest absolute Gasteiger partial charge is 0.323 e. The molecule has 14 heavy (non-hydrogen) atoms. The van der Waals surface area contributed by atoms with Crippen LogP contribution >= 0.6 is 0 Å². The first-order chi connectivity index (χ1) is 6.73. The maximum atomic E-state index is 11.8. The smallest absolute Gasteiger partial charge is 0.322 e. The predicted octanol–water partition coefficient (Wildman–Crippen LogP) is 0.775. The Morgan fingerprint density at radius 2 is 1.71 bits per heavy atom. The van der Waals surface area contributed by atoms with Crippen molar-refractivity contribution >= 4 is 11.9 Å². The van der Waals surface area contributed by atoms with Crippen LogP contribution in [0.5, 0.6) is 0 Å². The number of urea groups is 1. The number of rotatable bonds is 0. The number of carbonyl (C=O) groups excluding carboxylic acids is 2. The number of hydrogen-bond donors (Lipinski definition) is 2. The highest BCUT2D eigenvalue weighted by molar-refractivity contribution is 6.07. The molecule has 3 amide bonds. The summed E-state index contributed by atoms with van der Waals surface area (Å²) >= 11 is 0. The third-order valence-electron chi connectivity index (χ3n) is 4.18. The average Bonchev–Trinajstić information content (AvgIpc) is 2.53. The van der Waals surface area contributed by atoms with Gasteiger partial charge < -0.3 is 5.32 Å². The molecule has 3 fully saturated rings. The van der Waals surface area contributed by atoms with Crippen molar-refractivity contribution in [3.63, 3.8) is 0 Å². The van der Waals surface area contributed by atoms with Gasteiger partial charge in [0.1, 0.15) is 5.54 Å². The van der Waals surface area contributed by atoms with Gasteiger partial charge in [-0.25, -0.2) is 4.79 Å². The van der Waals surface area contributed by atoms with Crippen LogP contribution < -0.4 is 10.6 Å². The summed E-state index contributed by atoms with van der Waals surface area (Å²) < 4.78 is 0. The van der Waals surface area contributed by atoms with Crippen molar-refractivity contribution in [2.24, 2.45) is 11.8 Å². The minimum atomic E-state index is -0.519. The first kappa shape index (κ1) is 8.26. The summed E-state index contributed by atoms with van der Waals surface area (Å²) in [5, 5.41) is 5.27. The zero-order chi connectivity index (χ0) is 9.76. The molecule has 2 unspecified atom stereocenters. The van der Waals surface area contributed by atoms with Crippen molar-refractivity contribution in [1.29, 1.82) is 0 Å². The van der Waals surface area contributed by atoms with Crippen LogP contribution in [0.4, 0.5) is 4.79 Å². The molecule has 4 heteroatoms. The maximum absolute atomic E-state index is 11.8. The Hall–Kier alpha value is -1.06. The Labute approximate surface area is 82.4 Å². The van der Waals surface area contributed by atoms with Gasteiger partial charge in [-0.2, -0.15) is 0 Å². The van der Waals surface area contributed by atoms with Gasteiger partial charge in [-0.1, -0.05) is 6.42 Å². The second-order valence-electron chi connectivity index (χ2n) is 4.68. The summed E-state index contributed by atoms with van der Waals surface area (Å²) in [5.74, 6) is 0.690. The lowest BCUT2D eigenvalue weighted by Crippen LogP contribution is -2.56. The second kappa shape index (κ2) is 2.49. The second-order valence-corrected chi connectivity index (χ2v) is 4.68. The minimum absolute atomic E-state index is 0.0744. The monoisotopic (exact) mass is 194 g/mol. The molecule has 76 valence electrons. The lowest BCUT2D eigenvalue weighted by Gasteiger charge is -2.37. The van der Waals surface area contributed by atoms with Gasteiger partial charge >= 0.3 is 6.03 Å². The van der Waals surface area contributed by atoms with E-state index in [4.69, 9.17) is 0 Å². The molecule has 1 saturated heterocycles. The fourth-order valence-corrected chi connectivity index (χ4v) is 3.60. The topological polar surface area (TPSA) is 58.2 Å². The summed E-state index contributed by atoms with van der Waals surface area (Å²) in [4.78, 5) is 23.0. The summed E-state index contributed by atoms with van der Waals surface area (Å²) in [5.41, 5.74) is -0.519. The summed E-state index contributed by atoms with van der Waals surface area (Å²) in [6.07, 6.45) is 5.57. The minimum Gasteiger partial charge on any atom is -0.323 e. The first-order valence-corrected chi connectivity index (χ1v) is 5.37. The molecule has 2 bridgehead atoms. The molecule has 2 saturated carbocycles. The van der Waals surface area contributed by atoms with Gasteiger partial charge in [0.2, 0.25) is 0 Å². The lowest BCUT2D eigenvalue weighted by atomic mass is 9.72. The Kier molecular flexibility index (Phi) is 1.47. The van der Waals surface area contributed by atoms with E-state index in [9.17, 15) is 9.59 Å². The van der Waals surface area contributed by atoms with Crippen molar-refractivity contribution in [3.8, 4) is 0 Å². The number of imide groups is 1. The normalized spacial score (nSPS) is 45.4. The van der Waals surface area contributed by atoms with Crippen LogP contribution in [-0.2, 0) is 4.79 Å². The van der Waals surface area contributed by atoms with Crippen LogP contribution in [-0.4, -0.2) is 17.5 Å². The number of carbonyl (C=O) groups is 2. The van der Waals surface area contributed by atoms with E-state index in [0.29, 0.717) is 11.8 Å². The van der Waals surface area contributed by atoms with Crippen molar-refractivity contribution < 1.29 is 9.59 Å². The zero-order valence-corrected chi connectivity index (χ0v) is 8.01. The van der Waals surface area contributed by atoms with Gasteiger partial charge in [0.15, 0.2) is 0 Å². The van der Waals surface area contributed by atoms with Crippen LogP contribution in [0.15, 0.2) is 0 Å². The average molecular weight is 194 g/mol. The molecule has 2 aliphatic carbocycles. The molecular weight excluding hydrogens is 180 g/mol. The Morgan fingerprint density at radius 3 is 2.21 bits per heavy atom. The van der Waals surface area contributed by atoms with Gasteiger partial charge in [-0.05, 0) is 37.5 Å². The third-order valence-corrected chi connectivity index (χ3v) is 4.18. The van der Waals surface area contributed by atoms with Gasteiger partial charge in [-0.3, -0.25) is 10.1 Å². The molecule has 0 aromatic heterocycles. The quantitative estimate of drug-likeness (QED) is 0.560. The van der Waals surface area contributed by atoms with E-state index in [0.717, 1.165) is 25.7 Å². The van der Waals surface area contributed by atoms with Crippen LogP contribution in [0.3, 0.4) is 0 Å². The van der Waals surface area contributed by atoms with E-state index in [1.165, 1.54) is 6.42 Å². The number of hydrogen-bond acceptors (Lipinski definition) is 2. The lowest BCUT2D eigenvalue weighted by molar-refractivity contribution is -0.127. The maximum Gasteiger partial charge on any atom is 0.322 e. The molecule has 0 radical (unpaired) electrons. The predicted molar refractivity (Wildman–Crippen MR) is 49.5 cm³/mol. The van der Waals surface area contributed by atoms with Gasteiger partial charge in [0.25, 0.3) is 5.91 Å². The van der Waals surface area contributed by atoms with E-state index in [-0.39, 0.29) is 11.9 Å². The highest BCUT2D eigenvalue weighted by Crippen LogP contribution is 2.50. The molecule has 1 spiro atoms. The zero-order valence-electron chi connectivity index (χ0n) is 8.01. The third kappa shape index (κ3) is 0.792. The number of amides is 3. The fourth-order valence-electron chi connectivity index (χ4n) is 3.60. The van der Waals surface area contributed by atoms with Crippen LogP contribution in [0.2, 0.25) is 0 Å². The molecule has 3 aliphatic rings. The molecule has 0 aromatic rings. The van der Waals surface area contributed by atoms with E-state index in [1.54, 1.807) is 0 Å². The van der Waals surface area contributed by atoms with E-state index in [1.807, 2.05) is 0 Å². The van der Waals surface area contributed by atoms with Crippen LogP contribution in [0.1, 0.15) is 32.1 Å². The van der Waals surface area contributed by atoms with Crippen molar-refractivity contribution in [2.75, 3.05) is 0 Å². The highest BCUT2D eigenvalue weighted by Gasteiger charge is 2.60. The fraction of sp³-hybridized carbons (Fsp3) is 0.800. The summed E-state index contributed by atoms with van der Waals surface area (Å²) in [7, 11) is 0. The highest BCUT2D eigenvalue weighted by atomic mass is 16.2. The van der Waals surface area contributed by atoms with E-state index < -0.39 is 5.54 Å².